The fraction of sp³-hybridized carbons (Fsp3) is 0.0455. The zero-order valence-corrected chi connectivity index (χ0v) is 14.4. The van der Waals surface area contributed by atoms with Crippen molar-refractivity contribution in [2.24, 2.45) is 0 Å². The highest BCUT2D eigenvalue weighted by molar-refractivity contribution is 5.81. The third-order valence-electron chi connectivity index (χ3n) is 4.30. The molecule has 2 heterocycles. The van der Waals surface area contributed by atoms with Crippen LogP contribution in [0.15, 0.2) is 73.1 Å². The van der Waals surface area contributed by atoms with Crippen LogP contribution in [0.5, 0.6) is 0 Å². The van der Waals surface area contributed by atoms with Crippen LogP contribution in [0.2, 0.25) is 0 Å². The monoisotopic (exact) mass is 354 g/mol. The van der Waals surface area contributed by atoms with E-state index in [1.807, 2.05) is 36.4 Å². The molecule has 27 heavy (non-hydrogen) atoms. The van der Waals surface area contributed by atoms with Crippen LogP contribution in [-0.2, 0) is 6.42 Å². The molecule has 4 aromatic rings. The van der Waals surface area contributed by atoms with Crippen LogP contribution in [0.4, 0.5) is 4.39 Å². The van der Waals surface area contributed by atoms with E-state index in [4.69, 9.17) is 10.2 Å². The number of pyridine rings is 1. The quantitative estimate of drug-likeness (QED) is 0.560. The fourth-order valence-corrected chi connectivity index (χ4v) is 2.93. The molecule has 0 unspecified atom stereocenters. The van der Waals surface area contributed by atoms with E-state index in [9.17, 15) is 4.39 Å². The number of rotatable bonds is 4. The van der Waals surface area contributed by atoms with Gasteiger partial charge in [0.15, 0.2) is 0 Å². The predicted molar refractivity (Wildman–Crippen MR) is 102 cm³/mol. The number of aromatic amines is 1. The van der Waals surface area contributed by atoms with Crippen molar-refractivity contribution in [2.75, 3.05) is 0 Å². The minimum atomic E-state index is -0.284. The number of nitrogens with zero attached hydrogens (tertiary/aromatic N) is 3. The van der Waals surface area contributed by atoms with Gasteiger partial charge in [0.2, 0.25) is 0 Å². The number of hydrogen-bond acceptors (Lipinski definition) is 3. The van der Waals surface area contributed by atoms with E-state index in [1.165, 1.54) is 12.1 Å². The molecular formula is C22H15FN4. The molecule has 2 aromatic heterocycles. The Morgan fingerprint density at radius 2 is 1.52 bits per heavy atom. The van der Waals surface area contributed by atoms with E-state index >= 15 is 0 Å². The van der Waals surface area contributed by atoms with Crippen LogP contribution in [0.3, 0.4) is 0 Å². The van der Waals surface area contributed by atoms with Crippen molar-refractivity contribution in [3.05, 3.63) is 84.4 Å². The summed E-state index contributed by atoms with van der Waals surface area (Å²) in [6, 6.07) is 20.0. The van der Waals surface area contributed by atoms with Gasteiger partial charge in [-0.1, -0.05) is 24.3 Å². The Balaban J connectivity index is 1.82. The second-order valence-corrected chi connectivity index (χ2v) is 6.08. The zero-order chi connectivity index (χ0) is 18.6. The Hall–Kier alpha value is -3.78. The number of imidazole rings is 1. The molecule has 0 fully saturated rings. The van der Waals surface area contributed by atoms with Crippen LogP contribution in [0.1, 0.15) is 5.56 Å². The van der Waals surface area contributed by atoms with Gasteiger partial charge in [0.25, 0.3) is 0 Å². The van der Waals surface area contributed by atoms with Gasteiger partial charge < -0.3 is 4.98 Å². The Morgan fingerprint density at radius 1 is 0.852 bits per heavy atom. The lowest BCUT2D eigenvalue weighted by atomic mass is 10.1. The van der Waals surface area contributed by atoms with Gasteiger partial charge in [-0.2, -0.15) is 5.26 Å². The number of aromatic nitrogens is 3. The normalized spacial score (nSPS) is 10.5. The first-order valence-corrected chi connectivity index (χ1v) is 8.47. The van der Waals surface area contributed by atoms with Crippen molar-refractivity contribution >= 4 is 0 Å². The Morgan fingerprint density at radius 3 is 2.19 bits per heavy atom. The maximum Gasteiger partial charge on any atom is 0.138 e. The van der Waals surface area contributed by atoms with E-state index in [0.717, 1.165) is 33.6 Å². The number of nitrogens with one attached hydrogen (secondary N) is 1. The molecule has 2 aromatic carbocycles. The minimum absolute atomic E-state index is 0.284. The van der Waals surface area contributed by atoms with E-state index in [2.05, 4.69) is 16.0 Å². The lowest BCUT2D eigenvalue weighted by molar-refractivity contribution is 0.628. The molecule has 0 bridgehead atoms. The molecule has 0 aliphatic heterocycles. The van der Waals surface area contributed by atoms with Gasteiger partial charge in [0.1, 0.15) is 11.6 Å². The highest BCUT2D eigenvalue weighted by Crippen LogP contribution is 2.32. The summed E-state index contributed by atoms with van der Waals surface area (Å²) in [5, 5.41) is 8.82. The highest BCUT2D eigenvalue weighted by Gasteiger charge is 2.15. The van der Waals surface area contributed by atoms with Crippen LogP contribution < -0.4 is 0 Å². The number of halogens is 1. The minimum Gasteiger partial charge on any atom is -0.337 e. The molecule has 0 aliphatic rings. The van der Waals surface area contributed by atoms with Crippen LogP contribution in [0.25, 0.3) is 33.9 Å². The van der Waals surface area contributed by atoms with Gasteiger partial charge in [0.05, 0.1) is 23.9 Å². The van der Waals surface area contributed by atoms with Crippen molar-refractivity contribution < 1.29 is 4.39 Å². The molecule has 4 rings (SSSR count). The van der Waals surface area contributed by atoms with Crippen LogP contribution in [0, 0.1) is 17.1 Å². The summed E-state index contributed by atoms with van der Waals surface area (Å²) in [4.78, 5) is 12.2. The van der Waals surface area contributed by atoms with Gasteiger partial charge in [-0.05, 0) is 42.0 Å². The van der Waals surface area contributed by atoms with Gasteiger partial charge in [-0.3, -0.25) is 4.98 Å². The summed E-state index contributed by atoms with van der Waals surface area (Å²) in [5.41, 5.74) is 5.25. The number of H-pyrrole nitrogens is 1. The van der Waals surface area contributed by atoms with E-state index < -0.39 is 0 Å². The number of benzene rings is 2. The van der Waals surface area contributed by atoms with Crippen molar-refractivity contribution in [3.63, 3.8) is 0 Å². The molecule has 0 radical (unpaired) electrons. The largest absolute Gasteiger partial charge is 0.337 e. The average Bonchev–Trinajstić information content (AvgIpc) is 3.15. The third kappa shape index (κ3) is 3.46. The molecule has 4 nitrogen and oxygen atoms in total. The Bertz CT molecular complexity index is 1090. The summed E-state index contributed by atoms with van der Waals surface area (Å²) in [6.45, 7) is 0. The highest BCUT2D eigenvalue weighted by atomic mass is 19.1. The second kappa shape index (κ2) is 7.22. The van der Waals surface area contributed by atoms with E-state index in [-0.39, 0.29) is 5.82 Å². The summed E-state index contributed by atoms with van der Waals surface area (Å²) < 4.78 is 13.3. The standard InChI is InChI=1S/C22H15FN4/c23-19-7-5-16(6-8-19)20-21(17-10-13-25-14-11-17)27-22(26-20)18-3-1-15(2-4-18)9-12-24/h1-8,10-11,13-14H,9H2,(H,26,27). The molecule has 0 atom stereocenters. The first-order chi connectivity index (χ1) is 13.2. The molecule has 0 aliphatic carbocycles. The zero-order valence-electron chi connectivity index (χ0n) is 14.4. The number of nitriles is 1. The van der Waals surface area contributed by atoms with Gasteiger partial charge in [-0.25, -0.2) is 9.37 Å². The van der Waals surface area contributed by atoms with E-state index in [1.54, 1.807) is 24.5 Å². The van der Waals surface area contributed by atoms with Crippen molar-refractivity contribution in [1.29, 1.82) is 5.26 Å². The molecule has 0 saturated heterocycles. The van der Waals surface area contributed by atoms with Crippen molar-refractivity contribution in [1.82, 2.24) is 15.0 Å². The Kier molecular flexibility index (Phi) is 4.46. The maximum atomic E-state index is 13.3. The molecule has 1 N–H and O–H groups in total. The average molecular weight is 354 g/mol. The first-order valence-electron chi connectivity index (χ1n) is 8.47. The molecule has 5 heteroatoms. The predicted octanol–water partition coefficient (Wildman–Crippen LogP) is 5.01. The first kappa shape index (κ1) is 16.7. The maximum absolute atomic E-state index is 13.3. The van der Waals surface area contributed by atoms with Gasteiger partial charge >= 0.3 is 0 Å². The number of hydrogen-bond donors (Lipinski definition) is 1. The van der Waals surface area contributed by atoms with Gasteiger partial charge in [0, 0.05) is 29.1 Å². The fourth-order valence-electron chi connectivity index (χ4n) is 2.93. The molecule has 130 valence electrons. The summed E-state index contributed by atoms with van der Waals surface area (Å²) in [5.74, 6) is 0.428. The van der Waals surface area contributed by atoms with Crippen molar-refractivity contribution in [3.8, 4) is 40.0 Å². The summed E-state index contributed by atoms with van der Waals surface area (Å²) >= 11 is 0. The van der Waals surface area contributed by atoms with E-state index in [0.29, 0.717) is 12.2 Å². The lowest BCUT2D eigenvalue weighted by Crippen LogP contribution is -1.84. The van der Waals surface area contributed by atoms with Crippen molar-refractivity contribution in [2.45, 2.75) is 6.42 Å². The SMILES string of the molecule is N#CCc1ccc(-c2nc(-c3ccc(F)cc3)c(-c3ccncc3)[nH]2)cc1. The Labute approximate surface area is 156 Å². The summed E-state index contributed by atoms with van der Waals surface area (Å²) in [6.07, 6.45) is 3.82. The topological polar surface area (TPSA) is 65.4 Å². The third-order valence-corrected chi connectivity index (χ3v) is 4.30. The molecule has 0 amide bonds. The smallest absolute Gasteiger partial charge is 0.138 e. The van der Waals surface area contributed by atoms with Crippen LogP contribution >= 0.6 is 0 Å². The molecular weight excluding hydrogens is 339 g/mol. The molecule has 0 spiro atoms. The summed E-state index contributed by atoms with van der Waals surface area (Å²) in [7, 11) is 0. The second-order valence-electron chi connectivity index (χ2n) is 6.08. The van der Waals surface area contributed by atoms with Gasteiger partial charge in [-0.15, -0.1) is 0 Å². The van der Waals surface area contributed by atoms with Crippen LogP contribution in [-0.4, -0.2) is 15.0 Å². The lowest BCUT2D eigenvalue weighted by Gasteiger charge is -2.02. The molecule has 0 saturated carbocycles.